The van der Waals surface area contributed by atoms with Crippen LogP contribution in [0.4, 0.5) is 5.69 Å². The Morgan fingerprint density at radius 1 is 1.06 bits per heavy atom. The minimum Gasteiger partial charge on any atom is -0.494 e. The third-order valence-electron chi connectivity index (χ3n) is 5.82. The second kappa shape index (κ2) is 7.98. The third kappa shape index (κ3) is 3.44. The molecule has 1 aromatic heterocycles. The highest BCUT2D eigenvalue weighted by molar-refractivity contribution is 6.10. The molecule has 1 N–H and O–H groups in total. The molecule has 4 aromatic rings. The number of aromatic nitrogens is 2. The highest BCUT2D eigenvalue weighted by Crippen LogP contribution is 2.35. The number of aliphatic hydroxyl groups excluding tert-OH is 1. The van der Waals surface area contributed by atoms with Gasteiger partial charge in [0.1, 0.15) is 5.75 Å². The standard InChI is InChI=1S/C26H23N3O3/c1-17-13-28(16-27-17)24-9-8-22(12-25(24)32-2)29-14-21-7-6-20(11-23(21)26(29)31)19-5-3-4-18(10-19)15-30/h3-13,16,30H,14-15H2,1-2H3. The Balaban J connectivity index is 1.47. The Hall–Kier alpha value is -3.90. The van der Waals surface area contributed by atoms with Gasteiger partial charge in [-0.05, 0) is 53.4 Å². The predicted octanol–water partition coefficient (Wildman–Crippen LogP) is 4.51. The number of imidazole rings is 1. The zero-order chi connectivity index (χ0) is 22.2. The number of hydrogen-bond acceptors (Lipinski definition) is 4. The number of fused-ring (bicyclic) bond motifs is 1. The maximum absolute atomic E-state index is 13.3. The number of rotatable bonds is 5. The van der Waals surface area contributed by atoms with E-state index < -0.39 is 0 Å². The largest absolute Gasteiger partial charge is 0.494 e. The molecule has 5 rings (SSSR count). The van der Waals surface area contributed by atoms with E-state index >= 15 is 0 Å². The highest BCUT2D eigenvalue weighted by Gasteiger charge is 2.29. The summed E-state index contributed by atoms with van der Waals surface area (Å²) < 4.78 is 7.52. The summed E-state index contributed by atoms with van der Waals surface area (Å²) in [6, 6.07) is 19.5. The van der Waals surface area contributed by atoms with E-state index in [9.17, 15) is 9.90 Å². The van der Waals surface area contributed by atoms with Crippen LogP contribution < -0.4 is 9.64 Å². The van der Waals surface area contributed by atoms with E-state index in [0.29, 0.717) is 17.9 Å². The summed E-state index contributed by atoms with van der Waals surface area (Å²) in [6.07, 6.45) is 3.68. The molecule has 6 heteroatoms. The number of ether oxygens (including phenoxy) is 1. The van der Waals surface area contributed by atoms with Gasteiger partial charge in [-0.25, -0.2) is 4.98 Å². The Morgan fingerprint density at radius 3 is 2.66 bits per heavy atom. The normalized spacial score (nSPS) is 12.8. The third-order valence-corrected chi connectivity index (χ3v) is 5.82. The summed E-state index contributed by atoms with van der Waals surface area (Å²) in [4.78, 5) is 19.3. The maximum atomic E-state index is 13.3. The maximum Gasteiger partial charge on any atom is 0.258 e. The van der Waals surface area contributed by atoms with E-state index in [1.165, 1.54) is 0 Å². The monoisotopic (exact) mass is 425 g/mol. The smallest absolute Gasteiger partial charge is 0.258 e. The quantitative estimate of drug-likeness (QED) is 0.511. The fraction of sp³-hybridized carbons (Fsp3) is 0.154. The topological polar surface area (TPSA) is 67.6 Å². The number of amides is 1. The average Bonchev–Trinajstić information content (AvgIpc) is 3.41. The summed E-state index contributed by atoms with van der Waals surface area (Å²) in [6.45, 7) is 2.44. The molecular weight excluding hydrogens is 402 g/mol. The lowest BCUT2D eigenvalue weighted by Gasteiger charge is -2.18. The van der Waals surface area contributed by atoms with Gasteiger partial charge in [0.05, 0.1) is 38.0 Å². The predicted molar refractivity (Wildman–Crippen MR) is 123 cm³/mol. The van der Waals surface area contributed by atoms with Crippen LogP contribution in [0, 0.1) is 6.92 Å². The summed E-state index contributed by atoms with van der Waals surface area (Å²) >= 11 is 0. The average molecular weight is 425 g/mol. The minimum absolute atomic E-state index is 0.0119. The molecule has 0 saturated carbocycles. The molecule has 6 nitrogen and oxygen atoms in total. The molecule has 2 heterocycles. The fourth-order valence-corrected chi connectivity index (χ4v) is 4.14. The summed E-state index contributed by atoms with van der Waals surface area (Å²) in [5, 5.41) is 9.43. The summed E-state index contributed by atoms with van der Waals surface area (Å²) in [5.41, 5.74) is 7.04. The van der Waals surface area contributed by atoms with Crippen LogP contribution in [0.3, 0.4) is 0 Å². The van der Waals surface area contributed by atoms with E-state index in [1.807, 2.05) is 78.4 Å². The lowest BCUT2D eigenvalue weighted by atomic mass is 9.99. The summed E-state index contributed by atoms with van der Waals surface area (Å²) in [5.74, 6) is 0.638. The number of hydrogen-bond donors (Lipinski definition) is 1. The van der Waals surface area contributed by atoms with Gasteiger partial charge in [-0.3, -0.25) is 4.79 Å². The molecule has 0 saturated heterocycles. The van der Waals surface area contributed by atoms with Crippen LogP contribution in [-0.4, -0.2) is 27.7 Å². The summed E-state index contributed by atoms with van der Waals surface area (Å²) in [7, 11) is 1.62. The van der Waals surface area contributed by atoms with Crippen molar-refractivity contribution >= 4 is 11.6 Å². The van der Waals surface area contributed by atoms with Crippen molar-refractivity contribution in [1.29, 1.82) is 0 Å². The van der Waals surface area contributed by atoms with Gasteiger partial charge in [0.15, 0.2) is 0 Å². The van der Waals surface area contributed by atoms with Gasteiger partial charge in [0, 0.05) is 23.5 Å². The number of carbonyl (C=O) groups is 1. The van der Waals surface area contributed by atoms with E-state index in [0.717, 1.165) is 39.3 Å². The van der Waals surface area contributed by atoms with E-state index in [-0.39, 0.29) is 12.5 Å². The number of carbonyl (C=O) groups excluding carboxylic acids is 1. The SMILES string of the molecule is COc1cc(N2Cc3ccc(-c4cccc(CO)c4)cc3C2=O)ccc1-n1cnc(C)c1. The molecule has 160 valence electrons. The van der Waals surface area contributed by atoms with Crippen LogP contribution in [0.1, 0.15) is 27.2 Å². The molecule has 0 unspecified atom stereocenters. The molecular formula is C26H23N3O3. The molecule has 0 atom stereocenters. The van der Waals surface area contributed by atoms with Crippen molar-refractivity contribution in [3.63, 3.8) is 0 Å². The van der Waals surface area contributed by atoms with Crippen LogP contribution in [0.25, 0.3) is 16.8 Å². The zero-order valence-electron chi connectivity index (χ0n) is 17.9. The van der Waals surface area contributed by atoms with Gasteiger partial charge in [-0.15, -0.1) is 0 Å². The van der Waals surface area contributed by atoms with Crippen molar-refractivity contribution in [3.8, 4) is 22.6 Å². The number of benzene rings is 3. The highest BCUT2D eigenvalue weighted by atomic mass is 16.5. The van der Waals surface area contributed by atoms with Crippen molar-refractivity contribution in [2.24, 2.45) is 0 Å². The molecule has 3 aromatic carbocycles. The van der Waals surface area contributed by atoms with E-state index in [2.05, 4.69) is 4.98 Å². The molecule has 1 aliphatic heterocycles. The van der Waals surface area contributed by atoms with Gasteiger partial charge in [0.2, 0.25) is 0 Å². The lowest BCUT2D eigenvalue weighted by Crippen LogP contribution is -2.23. The Morgan fingerprint density at radius 2 is 1.91 bits per heavy atom. The zero-order valence-corrected chi connectivity index (χ0v) is 17.9. The Bertz CT molecular complexity index is 1330. The Kier molecular flexibility index (Phi) is 4.99. The van der Waals surface area contributed by atoms with Crippen LogP contribution in [0.15, 0.2) is 73.2 Å². The number of anilines is 1. The van der Waals surface area contributed by atoms with Crippen molar-refractivity contribution in [2.75, 3.05) is 12.0 Å². The first-order valence-corrected chi connectivity index (χ1v) is 10.4. The van der Waals surface area contributed by atoms with Crippen LogP contribution in [0.2, 0.25) is 0 Å². The van der Waals surface area contributed by atoms with Crippen molar-refractivity contribution in [1.82, 2.24) is 9.55 Å². The van der Waals surface area contributed by atoms with Gasteiger partial charge >= 0.3 is 0 Å². The first-order valence-electron chi connectivity index (χ1n) is 10.4. The van der Waals surface area contributed by atoms with Crippen LogP contribution in [-0.2, 0) is 13.2 Å². The van der Waals surface area contributed by atoms with Crippen LogP contribution >= 0.6 is 0 Å². The number of methoxy groups -OCH3 is 1. The van der Waals surface area contributed by atoms with E-state index in [1.54, 1.807) is 18.3 Å². The number of aliphatic hydroxyl groups is 1. The molecule has 0 spiro atoms. The minimum atomic E-state index is -0.0339. The second-order valence-electron chi connectivity index (χ2n) is 7.90. The van der Waals surface area contributed by atoms with Crippen molar-refractivity contribution in [3.05, 3.63) is 95.6 Å². The van der Waals surface area contributed by atoms with Gasteiger partial charge in [-0.1, -0.05) is 30.3 Å². The van der Waals surface area contributed by atoms with Crippen molar-refractivity contribution < 1.29 is 14.6 Å². The molecule has 0 fully saturated rings. The Labute approximate surface area is 186 Å². The molecule has 32 heavy (non-hydrogen) atoms. The number of aryl methyl sites for hydroxylation is 1. The first kappa shape index (κ1) is 20.0. The van der Waals surface area contributed by atoms with Crippen LogP contribution in [0.5, 0.6) is 5.75 Å². The lowest BCUT2D eigenvalue weighted by molar-refractivity contribution is 0.0996. The van der Waals surface area contributed by atoms with E-state index in [4.69, 9.17) is 4.74 Å². The first-order chi connectivity index (χ1) is 15.6. The van der Waals surface area contributed by atoms with Crippen molar-refractivity contribution in [2.45, 2.75) is 20.1 Å². The van der Waals surface area contributed by atoms with Gasteiger partial charge in [-0.2, -0.15) is 0 Å². The van der Waals surface area contributed by atoms with Gasteiger partial charge < -0.3 is 19.3 Å². The second-order valence-corrected chi connectivity index (χ2v) is 7.90. The number of nitrogens with zero attached hydrogens (tertiary/aromatic N) is 3. The molecule has 1 amide bonds. The molecule has 1 aliphatic rings. The molecule has 0 aliphatic carbocycles. The van der Waals surface area contributed by atoms with Gasteiger partial charge in [0.25, 0.3) is 5.91 Å². The molecule has 0 bridgehead atoms. The molecule has 0 radical (unpaired) electrons. The fourth-order valence-electron chi connectivity index (χ4n) is 4.14.